The average molecular weight is 317 g/mol. The van der Waals surface area contributed by atoms with E-state index in [1.54, 1.807) is 0 Å². The maximum absolute atomic E-state index is 12.0. The molecule has 0 radical (unpaired) electrons. The van der Waals surface area contributed by atoms with Crippen LogP contribution < -0.4 is 10.6 Å². The molecule has 1 aromatic carbocycles. The van der Waals surface area contributed by atoms with E-state index in [1.807, 2.05) is 0 Å². The third-order valence-electron chi connectivity index (χ3n) is 2.97. The molecule has 0 spiro atoms. The van der Waals surface area contributed by atoms with Gasteiger partial charge in [-0.2, -0.15) is 0 Å². The predicted octanol–water partition coefficient (Wildman–Crippen LogP) is 0.818. The van der Waals surface area contributed by atoms with E-state index in [1.165, 1.54) is 18.2 Å². The molecule has 1 saturated heterocycles. The Bertz CT molecular complexity index is 672. The Morgan fingerprint density at radius 3 is 2.70 bits per heavy atom. The van der Waals surface area contributed by atoms with Gasteiger partial charge in [0.15, 0.2) is 9.84 Å². The van der Waals surface area contributed by atoms with Crippen molar-refractivity contribution in [2.24, 2.45) is 5.92 Å². The molecule has 2 N–H and O–H groups in total. The molecule has 0 aliphatic carbocycles. The summed E-state index contributed by atoms with van der Waals surface area (Å²) in [5.41, 5.74) is 0.221. The highest BCUT2D eigenvalue weighted by Crippen LogP contribution is 2.26. The molecule has 1 fully saturated rings. The lowest BCUT2D eigenvalue weighted by atomic mass is 10.1. The van der Waals surface area contributed by atoms with E-state index in [4.69, 9.17) is 11.6 Å². The van der Waals surface area contributed by atoms with Crippen molar-refractivity contribution >= 4 is 38.9 Å². The van der Waals surface area contributed by atoms with Crippen molar-refractivity contribution in [3.8, 4) is 0 Å². The van der Waals surface area contributed by atoms with Crippen LogP contribution in [0.2, 0.25) is 5.02 Å². The maximum atomic E-state index is 12.0. The minimum Gasteiger partial charge on any atom is -0.355 e. The number of nitrogens with one attached hydrogen (secondary N) is 2. The fraction of sp³-hybridized carbons (Fsp3) is 0.333. The first-order valence-corrected chi connectivity index (χ1v) is 8.11. The van der Waals surface area contributed by atoms with Crippen LogP contribution in [0.4, 0.5) is 5.69 Å². The molecular formula is C12H13ClN2O4S. The first kappa shape index (κ1) is 14.8. The van der Waals surface area contributed by atoms with E-state index in [2.05, 4.69) is 10.6 Å². The molecule has 1 unspecified atom stereocenters. The topological polar surface area (TPSA) is 92.3 Å². The monoisotopic (exact) mass is 316 g/mol. The van der Waals surface area contributed by atoms with Crippen molar-refractivity contribution in [3.63, 3.8) is 0 Å². The molecule has 20 heavy (non-hydrogen) atoms. The van der Waals surface area contributed by atoms with Gasteiger partial charge in [0.25, 0.3) is 0 Å². The zero-order valence-corrected chi connectivity index (χ0v) is 12.2. The lowest BCUT2D eigenvalue weighted by Gasteiger charge is -2.11. The fourth-order valence-corrected chi connectivity index (χ4v) is 2.67. The van der Waals surface area contributed by atoms with Crippen LogP contribution >= 0.6 is 11.6 Å². The molecule has 6 nitrogen and oxygen atoms in total. The van der Waals surface area contributed by atoms with E-state index in [0.717, 1.165) is 6.26 Å². The van der Waals surface area contributed by atoms with E-state index >= 15 is 0 Å². The van der Waals surface area contributed by atoms with Crippen molar-refractivity contribution in [1.29, 1.82) is 0 Å². The Morgan fingerprint density at radius 2 is 2.15 bits per heavy atom. The van der Waals surface area contributed by atoms with Gasteiger partial charge in [-0.3, -0.25) is 9.59 Å². The number of sulfone groups is 1. The number of benzene rings is 1. The molecule has 1 atom stereocenters. The normalized spacial score (nSPS) is 18.7. The van der Waals surface area contributed by atoms with Gasteiger partial charge in [0.2, 0.25) is 11.8 Å². The van der Waals surface area contributed by atoms with E-state index < -0.39 is 15.8 Å². The lowest BCUT2D eigenvalue weighted by molar-refractivity contribution is -0.123. The first-order valence-electron chi connectivity index (χ1n) is 5.84. The molecule has 108 valence electrons. The number of amides is 2. The van der Waals surface area contributed by atoms with Crippen molar-refractivity contribution in [3.05, 3.63) is 23.2 Å². The summed E-state index contributed by atoms with van der Waals surface area (Å²) in [4.78, 5) is 23.1. The van der Waals surface area contributed by atoms with Crippen LogP contribution in [-0.4, -0.2) is 33.0 Å². The summed E-state index contributed by atoms with van der Waals surface area (Å²) in [5.74, 6) is -1.02. The number of carbonyl (C=O) groups excluding carboxylic acids is 2. The van der Waals surface area contributed by atoms with Crippen molar-refractivity contribution in [1.82, 2.24) is 5.32 Å². The number of hydrogen-bond acceptors (Lipinski definition) is 4. The summed E-state index contributed by atoms with van der Waals surface area (Å²) in [6.45, 7) is 0.272. The predicted molar refractivity (Wildman–Crippen MR) is 74.3 cm³/mol. The zero-order chi connectivity index (χ0) is 14.9. The Hall–Kier alpha value is -1.60. The molecule has 8 heteroatoms. The standard InChI is InChI=1S/C12H13ClN2O4S/c1-20(18,19)8-2-3-9(13)10(5-8)15-12(17)7-4-11(16)14-6-7/h2-3,5,7H,4,6H2,1H3,(H,14,16)(H,15,17). The van der Waals surface area contributed by atoms with Crippen LogP contribution in [0.5, 0.6) is 0 Å². The summed E-state index contributed by atoms with van der Waals surface area (Å²) in [7, 11) is -3.38. The average Bonchev–Trinajstić information content (AvgIpc) is 2.77. The molecule has 1 heterocycles. The Labute approximate surface area is 121 Å². The molecular weight excluding hydrogens is 304 g/mol. The number of carbonyl (C=O) groups is 2. The molecule has 0 aromatic heterocycles. The molecule has 1 aliphatic rings. The van der Waals surface area contributed by atoms with Gasteiger partial charge in [-0.05, 0) is 18.2 Å². The molecule has 1 aliphatic heterocycles. The SMILES string of the molecule is CS(=O)(=O)c1ccc(Cl)c(NC(=O)C2CNC(=O)C2)c1. The number of rotatable bonds is 3. The van der Waals surface area contributed by atoms with Gasteiger partial charge in [-0.1, -0.05) is 11.6 Å². The van der Waals surface area contributed by atoms with Crippen molar-refractivity contribution in [2.75, 3.05) is 18.1 Å². The highest BCUT2D eigenvalue weighted by molar-refractivity contribution is 7.90. The van der Waals surface area contributed by atoms with Gasteiger partial charge in [0.05, 0.1) is 21.5 Å². The molecule has 1 aromatic rings. The van der Waals surface area contributed by atoms with Gasteiger partial charge < -0.3 is 10.6 Å². The van der Waals surface area contributed by atoms with Crippen LogP contribution in [-0.2, 0) is 19.4 Å². The van der Waals surface area contributed by atoms with Crippen LogP contribution in [0.25, 0.3) is 0 Å². The Balaban J connectivity index is 2.20. The summed E-state index contributed by atoms with van der Waals surface area (Å²) < 4.78 is 22.9. The van der Waals surface area contributed by atoms with Crippen LogP contribution in [0.3, 0.4) is 0 Å². The quantitative estimate of drug-likeness (QED) is 0.863. The molecule has 2 amide bonds. The largest absolute Gasteiger partial charge is 0.355 e. The summed E-state index contributed by atoms with van der Waals surface area (Å²) in [6, 6.07) is 4.08. The van der Waals surface area contributed by atoms with Gasteiger partial charge in [0, 0.05) is 19.2 Å². The van der Waals surface area contributed by atoms with Gasteiger partial charge >= 0.3 is 0 Å². The van der Waals surface area contributed by atoms with Crippen molar-refractivity contribution < 1.29 is 18.0 Å². The third kappa shape index (κ3) is 3.29. The van der Waals surface area contributed by atoms with Crippen LogP contribution in [0.15, 0.2) is 23.1 Å². The number of halogens is 1. The lowest BCUT2D eigenvalue weighted by Crippen LogP contribution is -2.24. The number of anilines is 1. The second-order valence-electron chi connectivity index (χ2n) is 4.61. The van der Waals surface area contributed by atoms with Crippen LogP contribution in [0, 0.1) is 5.92 Å². The highest BCUT2D eigenvalue weighted by atomic mass is 35.5. The summed E-state index contributed by atoms with van der Waals surface area (Å²) in [6.07, 6.45) is 1.19. The van der Waals surface area contributed by atoms with E-state index in [0.29, 0.717) is 0 Å². The number of hydrogen-bond donors (Lipinski definition) is 2. The molecule has 2 rings (SSSR count). The minimum atomic E-state index is -3.38. The summed E-state index contributed by atoms with van der Waals surface area (Å²) in [5, 5.41) is 5.35. The molecule has 0 bridgehead atoms. The second kappa shape index (κ2) is 5.41. The fourth-order valence-electron chi connectivity index (χ4n) is 1.86. The van der Waals surface area contributed by atoms with Crippen molar-refractivity contribution in [2.45, 2.75) is 11.3 Å². The zero-order valence-electron chi connectivity index (χ0n) is 10.6. The van der Waals surface area contributed by atoms with Gasteiger partial charge in [0.1, 0.15) is 0 Å². The molecule has 0 saturated carbocycles. The first-order chi connectivity index (χ1) is 9.27. The van der Waals surface area contributed by atoms with E-state index in [-0.39, 0.29) is 40.4 Å². The Kier molecular flexibility index (Phi) is 4.01. The third-order valence-corrected chi connectivity index (χ3v) is 4.41. The second-order valence-corrected chi connectivity index (χ2v) is 7.03. The minimum absolute atomic E-state index is 0.0674. The van der Waals surface area contributed by atoms with Crippen LogP contribution in [0.1, 0.15) is 6.42 Å². The van der Waals surface area contributed by atoms with E-state index in [9.17, 15) is 18.0 Å². The summed E-state index contributed by atoms with van der Waals surface area (Å²) >= 11 is 5.93. The van der Waals surface area contributed by atoms with Gasteiger partial charge in [-0.15, -0.1) is 0 Å². The smallest absolute Gasteiger partial charge is 0.229 e. The maximum Gasteiger partial charge on any atom is 0.229 e. The highest BCUT2D eigenvalue weighted by Gasteiger charge is 2.28. The Morgan fingerprint density at radius 1 is 1.45 bits per heavy atom. The van der Waals surface area contributed by atoms with Gasteiger partial charge in [-0.25, -0.2) is 8.42 Å².